The number of hydrogen-bond acceptors (Lipinski definition) is 7. The fourth-order valence-corrected chi connectivity index (χ4v) is 2.23. The lowest BCUT2D eigenvalue weighted by molar-refractivity contribution is 0.0602. The van der Waals surface area contributed by atoms with Gasteiger partial charge in [-0.3, -0.25) is 0 Å². The Bertz CT molecular complexity index is 855. The van der Waals surface area contributed by atoms with Gasteiger partial charge in [0.25, 0.3) is 0 Å². The SMILES string of the molecule is COC(=O)c1ccccc1Nc1cnnc(NCc2ccccc2)n1. The summed E-state index contributed by atoms with van der Waals surface area (Å²) in [6, 6.07) is 17.0. The average Bonchev–Trinajstić information content (AvgIpc) is 2.67. The van der Waals surface area contributed by atoms with Crippen LogP contribution in [0.3, 0.4) is 0 Å². The lowest BCUT2D eigenvalue weighted by Crippen LogP contribution is -2.08. The Hall–Kier alpha value is -3.48. The van der Waals surface area contributed by atoms with Crippen molar-refractivity contribution >= 4 is 23.4 Å². The van der Waals surface area contributed by atoms with Crippen LogP contribution in [0.5, 0.6) is 0 Å². The first-order chi connectivity index (χ1) is 12.3. The smallest absolute Gasteiger partial charge is 0.339 e. The number of hydrogen-bond donors (Lipinski definition) is 2. The number of esters is 1. The third kappa shape index (κ3) is 4.29. The molecule has 0 spiro atoms. The first-order valence-electron chi connectivity index (χ1n) is 7.68. The van der Waals surface area contributed by atoms with Gasteiger partial charge < -0.3 is 15.4 Å². The van der Waals surface area contributed by atoms with Crippen molar-refractivity contribution < 1.29 is 9.53 Å². The molecule has 7 heteroatoms. The lowest BCUT2D eigenvalue weighted by atomic mass is 10.2. The molecule has 25 heavy (non-hydrogen) atoms. The molecule has 0 saturated heterocycles. The molecule has 0 saturated carbocycles. The van der Waals surface area contributed by atoms with Crippen LogP contribution in [-0.2, 0) is 11.3 Å². The molecule has 0 radical (unpaired) electrons. The van der Waals surface area contributed by atoms with Gasteiger partial charge in [-0.05, 0) is 17.7 Å². The Morgan fingerprint density at radius 2 is 1.84 bits per heavy atom. The summed E-state index contributed by atoms with van der Waals surface area (Å²) in [7, 11) is 1.34. The van der Waals surface area contributed by atoms with Crippen LogP contribution in [0.25, 0.3) is 0 Å². The number of rotatable bonds is 6. The van der Waals surface area contributed by atoms with Crippen molar-refractivity contribution in [1.82, 2.24) is 15.2 Å². The van der Waals surface area contributed by atoms with E-state index >= 15 is 0 Å². The van der Waals surface area contributed by atoms with Crippen molar-refractivity contribution in [3.63, 3.8) is 0 Å². The molecule has 0 aliphatic carbocycles. The van der Waals surface area contributed by atoms with Gasteiger partial charge in [0, 0.05) is 6.54 Å². The number of methoxy groups -OCH3 is 1. The third-order valence-electron chi connectivity index (χ3n) is 3.45. The van der Waals surface area contributed by atoms with Crippen LogP contribution in [0, 0.1) is 0 Å². The van der Waals surface area contributed by atoms with Crippen molar-refractivity contribution in [1.29, 1.82) is 0 Å². The van der Waals surface area contributed by atoms with Crippen LogP contribution in [0.4, 0.5) is 17.5 Å². The first-order valence-corrected chi connectivity index (χ1v) is 7.68. The molecule has 2 aromatic carbocycles. The van der Waals surface area contributed by atoms with Crippen LogP contribution in [0.15, 0.2) is 60.8 Å². The zero-order valence-electron chi connectivity index (χ0n) is 13.6. The standard InChI is InChI=1S/C18H17N5O2/c1-25-17(24)14-9-5-6-10-15(14)21-16-12-20-23-18(22-16)19-11-13-7-3-2-4-8-13/h2-10,12H,11H2,1H3,(H2,19,21,22,23). The summed E-state index contributed by atoms with van der Waals surface area (Å²) in [5.74, 6) is 0.443. The van der Waals surface area contributed by atoms with Crippen LogP contribution < -0.4 is 10.6 Å². The van der Waals surface area contributed by atoms with E-state index in [1.54, 1.807) is 18.2 Å². The summed E-state index contributed by atoms with van der Waals surface area (Å²) in [5.41, 5.74) is 2.12. The van der Waals surface area contributed by atoms with Crippen molar-refractivity contribution in [2.45, 2.75) is 6.54 Å². The Morgan fingerprint density at radius 3 is 2.64 bits per heavy atom. The fraction of sp³-hybridized carbons (Fsp3) is 0.111. The van der Waals surface area contributed by atoms with Gasteiger partial charge in [-0.2, -0.15) is 10.1 Å². The van der Waals surface area contributed by atoms with Crippen LogP contribution >= 0.6 is 0 Å². The minimum Gasteiger partial charge on any atom is -0.465 e. The quantitative estimate of drug-likeness (QED) is 0.669. The monoisotopic (exact) mass is 335 g/mol. The number of ether oxygens (including phenoxy) is 1. The van der Waals surface area contributed by atoms with Gasteiger partial charge >= 0.3 is 5.97 Å². The molecule has 0 bridgehead atoms. The molecule has 3 aromatic rings. The van der Waals surface area contributed by atoms with Gasteiger partial charge in [0.05, 0.1) is 24.6 Å². The molecule has 7 nitrogen and oxygen atoms in total. The number of nitrogens with zero attached hydrogens (tertiary/aromatic N) is 3. The number of aromatic nitrogens is 3. The molecular weight excluding hydrogens is 318 g/mol. The highest BCUT2D eigenvalue weighted by Crippen LogP contribution is 2.20. The van der Waals surface area contributed by atoms with Crippen LogP contribution in [0.2, 0.25) is 0 Å². The van der Waals surface area contributed by atoms with E-state index in [1.165, 1.54) is 13.3 Å². The van der Waals surface area contributed by atoms with E-state index in [9.17, 15) is 4.79 Å². The molecule has 3 rings (SSSR count). The van der Waals surface area contributed by atoms with Crippen molar-refractivity contribution in [2.75, 3.05) is 17.7 Å². The summed E-state index contributed by atoms with van der Waals surface area (Å²) in [4.78, 5) is 16.2. The maximum atomic E-state index is 11.8. The first kappa shape index (κ1) is 16.4. The Morgan fingerprint density at radius 1 is 1.08 bits per heavy atom. The highest BCUT2D eigenvalue weighted by Gasteiger charge is 2.12. The summed E-state index contributed by atoms with van der Waals surface area (Å²) >= 11 is 0. The summed E-state index contributed by atoms with van der Waals surface area (Å²) in [6.07, 6.45) is 1.49. The number of anilines is 3. The van der Waals surface area contributed by atoms with Gasteiger partial charge in [-0.15, -0.1) is 5.10 Å². The molecule has 0 unspecified atom stereocenters. The van der Waals surface area contributed by atoms with E-state index in [0.29, 0.717) is 29.6 Å². The second-order valence-corrected chi connectivity index (χ2v) is 5.17. The summed E-state index contributed by atoms with van der Waals surface area (Å²) < 4.78 is 4.79. The van der Waals surface area contributed by atoms with Crippen molar-refractivity contribution in [3.05, 3.63) is 71.9 Å². The predicted molar refractivity (Wildman–Crippen MR) is 94.7 cm³/mol. The summed E-state index contributed by atoms with van der Waals surface area (Å²) in [6.45, 7) is 0.588. The number of nitrogens with one attached hydrogen (secondary N) is 2. The average molecular weight is 335 g/mol. The zero-order chi connectivity index (χ0) is 17.5. The van der Waals surface area contributed by atoms with E-state index < -0.39 is 5.97 Å². The lowest BCUT2D eigenvalue weighted by Gasteiger charge is -2.10. The Labute approximate surface area is 145 Å². The van der Waals surface area contributed by atoms with E-state index in [2.05, 4.69) is 25.8 Å². The highest BCUT2D eigenvalue weighted by molar-refractivity contribution is 5.96. The molecule has 0 fully saturated rings. The van der Waals surface area contributed by atoms with E-state index in [0.717, 1.165) is 5.56 Å². The topological polar surface area (TPSA) is 89.0 Å². The maximum Gasteiger partial charge on any atom is 0.339 e. The van der Waals surface area contributed by atoms with Crippen molar-refractivity contribution in [2.24, 2.45) is 0 Å². The second kappa shape index (κ2) is 7.87. The number of carbonyl (C=O) groups is 1. The largest absolute Gasteiger partial charge is 0.465 e. The zero-order valence-corrected chi connectivity index (χ0v) is 13.6. The van der Waals surface area contributed by atoms with Crippen molar-refractivity contribution in [3.8, 4) is 0 Å². The molecular formula is C18H17N5O2. The molecule has 0 aliphatic rings. The van der Waals surface area contributed by atoms with E-state index in [4.69, 9.17) is 4.74 Å². The normalized spacial score (nSPS) is 10.1. The van der Waals surface area contributed by atoms with Gasteiger partial charge in [0.15, 0.2) is 5.82 Å². The number of para-hydroxylation sites is 1. The summed E-state index contributed by atoms with van der Waals surface area (Å²) in [5, 5.41) is 14.1. The fourth-order valence-electron chi connectivity index (χ4n) is 2.23. The predicted octanol–water partition coefficient (Wildman–Crippen LogP) is 3.01. The van der Waals surface area contributed by atoms with Crippen LogP contribution in [0.1, 0.15) is 15.9 Å². The number of benzene rings is 2. The molecule has 0 atom stereocenters. The van der Waals surface area contributed by atoms with Gasteiger partial charge in [-0.1, -0.05) is 42.5 Å². The van der Waals surface area contributed by atoms with Gasteiger partial charge in [-0.25, -0.2) is 4.79 Å². The molecule has 0 amide bonds. The minimum absolute atomic E-state index is 0.393. The molecule has 0 aliphatic heterocycles. The van der Waals surface area contributed by atoms with Crippen LogP contribution in [-0.4, -0.2) is 28.3 Å². The molecule has 126 valence electrons. The second-order valence-electron chi connectivity index (χ2n) is 5.17. The minimum atomic E-state index is -0.424. The van der Waals surface area contributed by atoms with E-state index in [-0.39, 0.29) is 0 Å². The Kier molecular flexibility index (Phi) is 5.16. The Balaban J connectivity index is 1.73. The van der Waals surface area contributed by atoms with E-state index in [1.807, 2.05) is 36.4 Å². The molecule has 2 N–H and O–H groups in total. The number of carbonyl (C=O) groups excluding carboxylic acids is 1. The highest BCUT2D eigenvalue weighted by atomic mass is 16.5. The maximum absolute atomic E-state index is 11.8. The molecule has 1 heterocycles. The van der Waals surface area contributed by atoms with Gasteiger partial charge in [0.2, 0.25) is 5.95 Å². The molecule has 1 aromatic heterocycles. The third-order valence-corrected chi connectivity index (χ3v) is 3.45. The van der Waals surface area contributed by atoms with Gasteiger partial charge in [0.1, 0.15) is 0 Å².